The van der Waals surface area contributed by atoms with Crippen LogP contribution in [0.25, 0.3) is 0 Å². The van der Waals surface area contributed by atoms with E-state index in [0.717, 1.165) is 18.5 Å². The fraction of sp³-hybridized carbons (Fsp3) is 0.500. The third-order valence-electron chi connectivity index (χ3n) is 3.55. The molecule has 0 spiro atoms. The van der Waals surface area contributed by atoms with E-state index in [1.54, 1.807) is 0 Å². The smallest absolute Gasteiger partial charge is 0.170 e. The molecule has 1 unspecified atom stereocenters. The molecule has 1 aliphatic heterocycles. The number of nitrogens with one attached hydrogen (secondary N) is 1. The van der Waals surface area contributed by atoms with Crippen LogP contribution in [-0.2, 0) is 0 Å². The maximum atomic E-state index is 12.4. The van der Waals surface area contributed by atoms with E-state index in [1.807, 2.05) is 44.2 Å². The van der Waals surface area contributed by atoms with Crippen LogP contribution < -0.4 is 5.32 Å². The van der Waals surface area contributed by atoms with Crippen LogP contribution in [0.2, 0.25) is 0 Å². The molecule has 1 fully saturated rings. The van der Waals surface area contributed by atoms with E-state index in [1.165, 1.54) is 6.42 Å². The van der Waals surface area contributed by atoms with E-state index in [9.17, 15) is 4.79 Å². The van der Waals surface area contributed by atoms with Crippen molar-refractivity contribution in [2.45, 2.75) is 32.7 Å². The molecule has 2 heteroatoms. The van der Waals surface area contributed by atoms with Crippen LogP contribution in [0.1, 0.15) is 37.0 Å². The Balaban J connectivity index is 2.20. The fourth-order valence-electron chi connectivity index (χ4n) is 2.42. The van der Waals surface area contributed by atoms with Gasteiger partial charge in [-0.3, -0.25) is 4.79 Å². The van der Waals surface area contributed by atoms with Crippen LogP contribution in [0.15, 0.2) is 30.3 Å². The number of ketones is 1. The van der Waals surface area contributed by atoms with Crippen LogP contribution in [-0.4, -0.2) is 18.4 Å². The zero-order chi connectivity index (χ0) is 11.6. The van der Waals surface area contributed by atoms with Gasteiger partial charge in [0.15, 0.2) is 5.78 Å². The molecule has 0 aliphatic carbocycles. The molecule has 1 N–H and O–H groups in total. The topological polar surface area (TPSA) is 29.1 Å². The first-order chi connectivity index (χ1) is 7.62. The molecule has 1 aromatic carbocycles. The van der Waals surface area contributed by atoms with Gasteiger partial charge in [-0.15, -0.1) is 0 Å². The predicted molar refractivity (Wildman–Crippen MR) is 65.6 cm³/mol. The maximum absolute atomic E-state index is 12.4. The highest BCUT2D eigenvalue weighted by Crippen LogP contribution is 2.30. The van der Waals surface area contributed by atoms with Gasteiger partial charge >= 0.3 is 0 Å². The van der Waals surface area contributed by atoms with Gasteiger partial charge in [0.25, 0.3) is 0 Å². The standard InChI is InChI=1S/C14H19NO/c1-14(2,12-9-6-10-15-12)13(16)11-7-4-3-5-8-11/h3-5,7-8,12,15H,6,9-10H2,1-2H3. The summed E-state index contributed by atoms with van der Waals surface area (Å²) in [4.78, 5) is 12.4. The Bertz CT molecular complexity index is 364. The normalized spacial score (nSPS) is 21.0. The molecule has 0 bridgehead atoms. The first-order valence-electron chi connectivity index (χ1n) is 5.95. The van der Waals surface area contributed by atoms with Gasteiger partial charge in [-0.1, -0.05) is 44.2 Å². The summed E-state index contributed by atoms with van der Waals surface area (Å²) in [5.41, 5.74) is 0.513. The van der Waals surface area contributed by atoms with Crippen LogP contribution >= 0.6 is 0 Å². The third-order valence-corrected chi connectivity index (χ3v) is 3.55. The fourth-order valence-corrected chi connectivity index (χ4v) is 2.42. The zero-order valence-corrected chi connectivity index (χ0v) is 9.99. The highest BCUT2D eigenvalue weighted by molar-refractivity contribution is 6.00. The minimum Gasteiger partial charge on any atom is -0.313 e. The van der Waals surface area contributed by atoms with Crippen molar-refractivity contribution in [2.75, 3.05) is 6.54 Å². The minimum absolute atomic E-state index is 0.243. The molecule has 2 rings (SSSR count). The Hall–Kier alpha value is -1.15. The second-order valence-electron chi connectivity index (χ2n) is 5.07. The minimum atomic E-state index is -0.308. The zero-order valence-electron chi connectivity index (χ0n) is 9.99. The summed E-state index contributed by atoms with van der Waals surface area (Å²) < 4.78 is 0. The number of rotatable bonds is 3. The van der Waals surface area contributed by atoms with Crippen molar-refractivity contribution < 1.29 is 4.79 Å². The van der Waals surface area contributed by atoms with Gasteiger partial charge in [-0.05, 0) is 19.4 Å². The van der Waals surface area contributed by atoms with Crippen LogP contribution in [0.5, 0.6) is 0 Å². The SMILES string of the molecule is CC(C)(C(=O)c1ccccc1)C1CCCN1. The molecule has 16 heavy (non-hydrogen) atoms. The lowest BCUT2D eigenvalue weighted by Gasteiger charge is -2.30. The number of hydrogen-bond acceptors (Lipinski definition) is 2. The molecule has 86 valence electrons. The van der Waals surface area contributed by atoms with E-state index >= 15 is 0 Å². The van der Waals surface area contributed by atoms with E-state index in [-0.39, 0.29) is 11.2 Å². The van der Waals surface area contributed by atoms with Gasteiger partial charge in [0, 0.05) is 17.0 Å². The molecule has 0 amide bonds. The average Bonchev–Trinajstić information content (AvgIpc) is 2.83. The second kappa shape index (κ2) is 4.38. The molecule has 2 nitrogen and oxygen atoms in total. The molecule has 1 aromatic rings. The number of carbonyl (C=O) groups is 1. The molecular formula is C14H19NO. The first kappa shape index (κ1) is 11.3. The number of benzene rings is 1. The molecule has 1 atom stereocenters. The van der Waals surface area contributed by atoms with E-state index < -0.39 is 0 Å². The summed E-state index contributed by atoms with van der Waals surface area (Å²) in [5, 5.41) is 3.43. The number of hydrogen-bond donors (Lipinski definition) is 1. The van der Waals surface area contributed by atoms with Crippen LogP contribution in [0.4, 0.5) is 0 Å². The Morgan fingerprint density at radius 2 is 2.00 bits per heavy atom. The van der Waals surface area contributed by atoms with E-state index in [4.69, 9.17) is 0 Å². The third kappa shape index (κ3) is 2.03. The van der Waals surface area contributed by atoms with E-state index in [2.05, 4.69) is 5.32 Å². The van der Waals surface area contributed by atoms with Gasteiger partial charge in [-0.25, -0.2) is 0 Å². The average molecular weight is 217 g/mol. The molecule has 0 aromatic heterocycles. The quantitative estimate of drug-likeness (QED) is 0.789. The van der Waals surface area contributed by atoms with Crippen molar-refractivity contribution in [3.63, 3.8) is 0 Å². The predicted octanol–water partition coefficient (Wildman–Crippen LogP) is 2.65. The largest absolute Gasteiger partial charge is 0.313 e. The lowest BCUT2D eigenvalue weighted by atomic mass is 9.77. The lowest BCUT2D eigenvalue weighted by molar-refractivity contribution is 0.0790. The van der Waals surface area contributed by atoms with Crippen LogP contribution in [0.3, 0.4) is 0 Å². The number of Topliss-reactive ketones (excluding diaryl/α,β-unsaturated/α-hetero) is 1. The van der Waals surface area contributed by atoms with Crippen molar-refractivity contribution in [3.05, 3.63) is 35.9 Å². The molecule has 0 radical (unpaired) electrons. The monoisotopic (exact) mass is 217 g/mol. The number of carbonyl (C=O) groups excluding carboxylic acids is 1. The molecular weight excluding hydrogens is 198 g/mol. The summed E-state index contributed by atoms with van der Waals surface area (Å²) in [5.74, 6) is 0.243. The summed E-state index contributed by atoms with van der Waals surface area (Å²) in [6.07, 6.45) is 2.28. The van der Waals surface area contributed by atoms with Gasteiger partial charge < -0.3 is 5.32 Å². The lowest BCUT2D eigenvalue weighted by Crippen LogP contribution is -2.43. The van der Waals surface area contributed by atoms with Crippen molar-refractivity contribution >= 4 is 5.78 Å². The molecule has 1 heterocycles. The van der Waals surface area contributed by atoms with Crippen molar-refractivity contribution in [1.82, 2.24) is 5.32 Å². The highest BCUT2D eigenvalue weighted by Gasteiger charge is 2.38. The maximum Gasteiger partial charge on any atom is 0.170 e. The summed E-state index contributed by atoms with van der Waals surface area (Å²) in [6.45, 7) is 5.13. The van der Waals surface area contributed by atoms with Gasteiger partial charge in [0.2, 0.25) is 0 Å². The summed E-state index contributed by atoms with van der Waals surface area (Å²) in [6, 6.07) is 9.91. The van der Waals surface area contributed by atoms with Crippen molar-refractivity contribution in [2.24, 2.45) is 5.41 Å². The Kier molecular flexibility index (Phi) is 3.10. The summed E-state index contributed by atoms with van der Waals surface area (Å²) in [7, 11) is 0. The first-order valence-corrected chi connectivity index (χ1v) is 5.95. The highest BCUT2D eigenvalue weighted by atomic mass is 16.1. The molecule has 0 saturated carbocycles. The Morgan fingerprint density at radius 1 is 1.31 bits per heavy atom. The molecule has 1 aliphatic rings. The van der Waals surface area contributed by atoms with Crippen LogP contribution in [0, 0.1) is 5.41 Å². The molecule has 1 saturated heterocycles. The van der Waals surface area contributed by atoms with Crippen molar-refractivity contribution in [1.29, 1.82) is 0 Å². The van der Waals surface area contributed by atoms with Gasteiger partial charge in [0.1, 0.15) is 0 Å². The Labute approximate surface area is 97.1 Å². The second-order valence-corrected chi connectivity index (χ2v) is 5.07. The summed E-state index contributed by atoms with van der Waals surface area (Å²) >= 11 is 0. The van der Waals surface area contributed by atoms with Gasteiger partial charge in [0.05, 0.1) is 0 Å². The van der Waals surface area contributed by atoms with Crippen molar-refractivity contribution in [3.8, 4) is 0 Å². The Morgan fingerprint density at radius 3 is 2.56 bits per heavy atom. The van der Waals surface area contributed by atoms with E-state index in [0.29, 0.717) is 6.04 Å². The van der Waals surface area contributed by atoms with Gasteiger partial charge in [-0.2, -0.15) is 0 Å².